The van der Waals surface area contributed by atoms with Crippen molar-refractivity contribution in [2.24, 2.45) is 5.92 Å². The fourth-order valence-electron chi connectivity index (χ4n) is 2.47. The van der Waals surface area contributed by atoms with Crippen LogP contribution in [0, 0.1) is 5.92 Å². The number of hydrogen-bond acceptors (Lipinski definition) is 4. The Labute approximate surface area is 125 Å². The van der Waals surface area contributed by atoms with Gasteiger partial charge in [-0.15, -0.1) is 0 Å². The molecule has 1 aliphatic rings. The van der Waals surface area contributed by atoms with Crippen molar-refractivity contribution in [1.29, 1.82) is 0 Å². The molecule has 22 heavy (non-hydrogen) atoms. The van der Waals surface area contributed by atoms with Crippen LogP contribution >= 0.6 is 0 Å². The van der Waals surface area contributed by atoms with Crippen LogP contribution in [0.25, 0.3) is 0 Å². The molecule has 1 atom stereocenters. The minimum absolute atomic E-state index is 0.204. The fourth-order valence-corrected chi connectivity index (χ4v) is 3.03. The van der Waals surface area contributed by atoms with E-state index in [1.54, 1.807) is 0 Å². The van der Waals surface area contributed by atoms with Crippen molar-refractivity contribution >= 4 is 16.1 Å². The van der Waals surface area contributed by atoms with Crippen molar-refractivity contribution in [3.63, 3.8) is 0 Å². The third kappa shape index (κ3) is 4.31. The number of esters is 1. The first-order chi connectivity index (χ1) is 10.00. The van der Waals surface area contributed by atoms with Gasteiger partial charge in [-0.2, -0.15) is 21.6 Å². The lowest BCUT2D eigenvalue weighted by Gasteiger charge is -2.23. The van der Waals surface area contributed by atoms with Crippen LogP contribution in [-0.2, 0) is 19.6 Å². The van der Waals surface area contributed by atoms with Gasteiger partial charge in [0.25, 0.3) is 0 Å². The molecule has 1 aliphatic carbocycles. The summed E-state index contributed by atoms with van der Waals surface area (Å²) in [4.78, 5) is 11.2. The van der Waals surface area contributed by atoms with Gasteiger partial charge in [-0.25, -0.2) is 9.18 Å². The van der Waals surface area contributed by atoms with Gasteiger partial charge < -0.3 is 4.74 Å². The normalized spacial score (nSPS) is 20.4. The highest BCUT2D eigenvalue weighted by Gasteiger charge is 2.72. The molecule has 0 saturated heterocycles. The van der Waals surface area contributed by atoms with Gasteiger partial charge >= 0.3 is 27.3 Å². The SMILES string of the molecule is O=C(OCCCC1CCCCC1)C(F)(C(F)(F)F)S(=O)(=O)O. The van der Waals surface area contributed by atoms with E-state index in [1.165, 1.54) is 0 Å². The van der Waals surface area contributed by atoms with Gasteiger partial charge in [0.05, 0.1) is 6.61 Å². The average Bonchev–Trinajstić information content (AvgIpc) is 2.41. The van der Waals surface area contributed by atoms with Crippen LogP contribution in [0.5, 0.6) is 0 Å². The summed E-state index contributed by atoms with van der Waals surface area (Å²) in [5.74, 6) is -2.28. The maximum Gasteiger partial charge on any atom is 0.451 e. The summed E-state index contributed by atoms with van der Waals surface area (Å²) in [5, 5.41) is -5.45. The number of rotatable bonds is 6. The molecule has 0 aromatic heterocycles. The zero-order valence-corrected chi connectivity index (χ0v) is 12.6. The van der Waals surface area contributed by atoms with E-state index in [-0.39, 0.29) is 6.42 Å². The maximum absolute atomic E-state index is 13.5. The molecule has 0 spiro atoms. The first-order valence-corrected chi connectivity index (χ1v) is 8.34. The Kier molecular flexibility index (Phi) is 6.19. The molecule has 1 fully saturated rings. The van der Waals surface area contributed by atoms with Crippen molar-refractivity contribution < 1.29 is 40.1 Å². The lowest BCUT2D eigenvalue weighted by Crippen LogP contribution is -2.55. The Morgan fingerprint density at radius 2 is 1.68 bits per heavy atom. The van der Waals surface area contributed by atoms with Crippen LogP contribution in [0.4, 0.5) is 17.6 Å². The molecule has 1 N–H and O–H groups in total. The monoisotopic (exact) mass is 350 g/mol. The van der Waals surface area contributed by atoms with Crippen LogP contribution in [0.1, 0.15) is 44.9 Å². The van der Waals surface area contributed by atoms with Gasteiger partial charge in [-0.1, -0.05) is 32.1 Å². The molecular weight excluding hydrogens is 332 g/mol. The van der Waals surface area contributed by atoms with E-state index in [2.05, 4.69) is 4.74 Å². The van der Waals surface area contributed by atoms with E-state index in [4.69, 9.17) is 4.55 Å². The Morgan fingerprint density at radius 3 is 2.14 bits per heavy atom. The standard InChI is InChI=1S/C12H18F4O5S/c13-11(12(14,15)16,22(18,19)20)10(17)21-8-4-7-9-5-2-1-3-6-9/h9H,1-8H2,(H,18,19,20). The van der Waals surface area contributed by atoms with E-state index in [0.717, 1.165) is 32.1 Å². The summed E-state index contributed by atoms with van der Waals surface area (Å²) >= 11 is 0. The van der Waals surface area contributed by atoms with Crippen LogP contribution in [0.15, 0.2) is 0 Å². The van der Waals surface area contributed by atoms with Gasteiger partial charge in [0.2, 0.25) is 0 Å². The van der Waals surface area contributed by atoms with Crippen molar-refractivity contribution in [1.82, 2.24) is 0 Å². The summed E-state index contributed by atoms with van der Waals surface area (Å²) in [5.41, 5.74) is 0. The third-order valence-electron chi connectivity index (χ3n) is 3.70. The fraction of sp³-hybridized carbons (Fsp3) is 0.917. The van der Waals surface area contributed by atoms with Crippen LogP contribution < -0.4 is 0 Å². The Bertz CT molecular complexity index is 484. The number of carbonyl (C=O) groups is 1. The molecule has 1 saturated carbocycles. The van der Waals surface area contributed by atoms with Crippen molar-refractivity contribution in [3.8, 4) is 0 Å². The Balaban J connectivity index is 2.55. The minimum Gasteiger partial charge on any atom is -0.462 e. The zero-order chi connectivity index (χ0) is 17.0. The highest BCUT2D eigenvalue weighted by Crippen LogP contribution is 2.39. The number of carbonyl (C=O) groups excluding carboxylic acids is 1. The molecule has 0 heterocycles. The van der Waals surface area contributed by atoms with Crippen LogP contribution in [-0.4, -0.2) is 36.7 Å². The quantitative estimate of drug-likeness (QED) is 0.345. The minimum atomic E-state index is -6.35. The van der Waals surface area contributed by atoms with Gasteiger partial charge in [0, 0.05) is 0 Å². The van der Waals surface area contributed by atoms with E-state index in [0.29, 0.717) is 12.3 Å². The first kappa shape index (κ1) is 19.1. The topological polar surface area (TPSA) is 80.7 Å². The summed E-state index contributed by atoms with van der Waals surface area (Å²) in [7, 11) is -6.35. The predicted molar refractivity (Wildman–Crippen MR) is 68.2 cm³/mol. The summed E-state index contributed by atoms with van der Waals surface area (Å²) in [6.07, 6.45) is -0.0933. The molecule has 0 aromatic rings. The lowest BCUT2D eigenvalue weighted by atomic mass is 9.86. The second-order valence-corrected chi connectivity index (χ2v) is 6.86. The predicted octanol–water partition coefficient (Wildman–Crippen LogP) is 3.01. The maximum atomic E-state index is 13.5. The molecule has 0 radical (unpaired) electrons. The molecular formula is C12H18F4O5S. The zero-order valence-electron chi connectivity index (χ0n) is 11.7. The third-order valence-corrected chi connectivity index (χ3v) is 4.81. The molecule has 1 rings (SSSR count). The Morgan fingerprint density at radius 1 is 1.14 bits per heavy atom. The van der Waals surface area contributed by atoms with E-state index in [9.17, 15) is 30.8 Å². The van der Waals surface area contributed by atoms with Crippen molar-refractivity contribution in [3.05, 3.63) is 0 Å². The number of alkyl halides is 4. The van der Waals surface area contributed by atoms with Gasteiger partial charge in [0.15, 0.2) is 0 Å². The van der Waals surface area contributed by atoms with Crippen molar-refractivity contribution in [2.45, 2.75) is 56.1 Å². The van der Waals surface area contributed by atoms with Gasteiger partial charge in [0.1, 0.15) is 0 Å². The Hall–Kier alpha value is -0.900. The van der Waals surface area contributed by atoms with E-state index < -0.39 is 33.9 Å². The number of halogens is 4. The molecule has 0 aliphatic heterocycles. The second-order valence-electron chi connectivity index (χ2n) is 5.35. The summed E-state index contributed by atoms with van der Waals surface area (Å²) in [6.45, 7) is -0.535. The second kappa shape index (κ2) is 7.12. The molecule has 5 nitrogen and oxygen atoms in total. The number of ether oxygens (including phenoxy) is 1. The molecule has 0 bridgehead atoms. The van der Waals surface area contributed by atoms with Crippen LogP contribution in [0.2, 0.25) is 0 Å². The molecule has 10 heteroatoms. The van der Waals surface area contributed by atoms with Gasteiger partial charge in [-0.3, -0.25) is 4.55 Å². The smallest absolute Gasteiger partial charge is 0.451 e. The highest BCUT2D eigenvalue weighted by molar-refractivity contribution is 7.88. The molecule has 1 unspecified atom stereocenters. The highest BCUT2D eigenvalue weighted by atomic mass is 32.2. The summed E-state index contributed by atoms with van der Waals surface area (Å²) < 4.78 is 84.5. The molecule has 130 valence electrons. The molecule has 0 amide bonds. The first-order valence-electron chi connectivity index (χ1n) is 6.90. The van der Waals surface area contributed by atoms with Gasteiger partial charge in [-0.05, 0) is 18.8 Å². The lowest BCUT2D eigenvalue weighted by molar-refractivity contribution is -0.215. The van der Waals surface area contributed by atoms with Crippen LogP contribution in [0.3, 0.4) is 0 Å². The van der Waals surface area contributed by atoms with Crippen molar-refractivity contribution in [2.75, 3.05) is 6.61 Å². The number of hydrogen-bond donors (Lipinski definition) is 1. The summed E-state index contributed by atoms with van der Waals surface area (Å²) in [6, 6.07) is 0. The average molecular weight is 350 g/mol. The van der Waals surface area contributed by atoms with E-state index in [1.807, 2.05) is 0 Å². The van der Waals surface area contributed by atoms with E-state index >= 15 is 0 Å². The largest absolute Gasteiger partial charge is 0.462 e. The molecule has 0 aromatic carbocycles.